The van der Waals surface area contributed by atoms with Crippen LogP contribution in [0.5, 0.6) is 11.5 Å². The predicted octanol–water partition coefficient (Wildman–Crippen LogP) is 1.67. The summed E-state index contributed by atoms with van der Waals surface area (Å²) < 4.78 is 10.3. The van der Waals surface area contributed by atoms with Crippen LogP contribution < -0.4 is 20.5 Å². The van der Waals surface area contributed by atoms with E-state index >= 15 is 0 Å². The van der Waals surface area contributed by atoms with Gasteiger partial charge in [0.1, 0.15) is 11.5 Å². The third-order valence-corrected chi connectivity index (χ3v) is 3.34. The van der Waals surface area contributed by atoms with Crippen molar-refractivity contribution in [2.45, 2.75) is 6.54 Å². The number of nitrogen functional groups attached to an aromatic ring is 1. The average molecular weight is 293 g/mol. The van der Waals surface area contributed by atoms with E-state index in [1.807, 2.05) is 5.38 Å². The fourth-order valence-corrected chi connectivity index (χ4v) is 2.18. The van der Waals surface area contributed by atoms with Crippen LogP contribution in [-0.4, -0.2) is 25.1 Å². The first-order chi connectivity index (χ1) is 9.62. The molecular weight excluding hydrogens is 278 g/mol. The lowest BCUT2D eigenvalue weighted by molar-refractivity contribution is 0.0949. The molecule has 0 spiro atoms. The molecule has 0 saturated carbocycles. The highest BCUT2D eigenvalue weighted by atomic mass is 32.1. The number of aromatic nitrogens is 1. The van der Waals surface area contributed by atoms with Gasteiger partial charge in [-0.05, 0) is 12.1 Å². The Kier molecular flexibility index (Phi) is 4.41. The molecule has 2 aromatic rings. The SMILES string of the molecule is COc1cc(OC)cc(C(=O)NCc2csc(N)n2)c1. The number of hydrogen-bond donors (Lipinski definition) is 2. The van der Waals surface area contributed by atoms with Crippen molar-refractivity contribution < 1.29 is 14.3 Å². The molecule has 3 N–H and O–H groups in total. The van der Waals surface area contributed by atoms with E-state index in [1.54, 1.807) is 18.2 Å². The minimum Gasteiger partial charge on any atom is -0.497 e. The largest absolute Gasteiger partial charge is 0.497 e. The minimum atomic E-state index is -0.228. The number of methoxy groups -OCH3 is 2. The highest BCUT2D eigenvalue weighted by Crippen LogP contribution is 2.22. The van der Waals surface area contributed by atoms with Crippen molar-refractivity contribution in [3.8, 4) is 11.5 Å². The molecule has 106 valence electrons. The number of nitrogens with one attached hydrogen (secondary N) is 1. The molecule has 0 fully saturated rings. The average Bonchev–Trinajstić information content (AvgIpc) is 2.89. The zero-order chi connectivity index (χ0) is 14.5. The third-order valence-electron chi connectivity index (χ3n) is 2.61. The molecular formula is C13H15N3O3S. The second kappa shape index (κ2) is 6.25. The lowest BCUT2D eigenvalue weighted by atomic mass is 10.2. The first kappa shape index (κ1) is 14.1. The van der Waals surface area contributed by atoms with Crippen LogP contribution in [0.4, 0.5) is 5.13 Å². The molecule has 20 heavy (non-hydrogen) atoms. The minimum absolute atomic E-state index is 0.228. The van der Waals surface area contributed by atoms with Gasteiger partial charge in [-0.2, -0.15) is 0 Å². The topological polar surface area (TPSA) is 86.5 Å². The number of anilines is 1. The number of carbonyl (C=O) groups excluding carboxylic acids is 1. The zero-order valence-electron chi connectivity index (χ0n) is 11.2. The number of nitrogens with two attached hydrogens (primary N) is 1. The summed E-state index contributed by atoms with van der Waals surface area (Å²) in [6, 6.07) is 5.00. The second-order valence-corrected chi connectivity index (χ2v) is 4.85. The molecule has 1 amide bonds. The van der Waals surface area contributed by atoms with Gasteiger partial charge in [-0.1, -0.05) is 0 Å². The number of rotatable bonds is 5. The third kappa shape index (κ3) is 3.39. The number of nitrogens with zero attached hydrogens (tertiary/aromatic N) is 1. The molecule has 0 aliphatic heterocycles. The van der Waals surface area contributed by atoms with E-state index < -0.39 is 0 Å². The van der Waals surface area contributed by atoms with Crippen LogP contribution in [0.3, 0.4) is 0 Å². The Morgan fingerprint density at radius 2 is 1.95 bits per heavy atom. The van der Waals surface area contributed by atoms with Crippen LogP contribution in [0, 0.1) is 0 Å². The highest BCUT2D eigenvalue weighted by Gasteiger charge is 2.10. The molecule has 2 rings (SSSR count). The van der Waals surface area contributed by atoms with Gasteiger partial charge in [0.15, 0.2) is 5.13 Å². The van der Waals surface area contributed by atoms with Gasteiger partial charge in [-0.15, -0.1) is 11.3 Å². The highest BCUT2D eigenvalue weighted by molar-refractivity contribution is 7.13. The van der Waals surface area contributed by atoms with Crippen molar-refractivity contribution in [3.63, 3.8) is 0 Å². The Morgan fingerprint density at radius 3 is 2.45 bits per heavy atom. The Labute approximate surface area is 120 Å². The summed E-state index contributed by atoms with van der Waals surface area (Å²) in [5.74, 6) is 0.897. The first-order valence-electron chi connectivity index (χ1n) is 5.83. The molecule has 6 nitrogen and oxygen atoms in total. The van der Waals surface area contributed by atoms with Gasteiger partial charge >= 0.3 is 0 Å². The lowest BCUT2D eigenvalue weighted by Gasteiger charge is -2.08. The molecule has 0 aliphatic rings. The summed E-state index contributed by atoms with van der Waals surface area (Å²) in [6.45, 7) is 0.325. The quantitative estimate of drug-likeness (QED) is 0.875. The number of amides is 1. The fourth-order valence-electron chi connectivity index (χ4n) is 1.62. The van der Waals surface area contributed by atoms with Crippen molar-refractivity contribution in [2.24, 2.45) is 0 Å². The summed E-state index contributed by atoms with van der Waals surface area (Å²) in [7, 11) is 3.07. The van der Waals surface area contributed by atoms with Crippen LogP contribution >= 0.6 is 11.3 Å². The van der Waals surface area contributed by atoms with Crippen LogP contribution in [0.25, 0.3) is 0 Å². The Hall–Kier alpha value is -2.28. The number of hydrogen-bond acceptors (Lipinski definition) is 6. The van der Waals surface area contributed by atoms with Crippen molar-refractivity contribution >= 4 is 22.4 Å². The molecule has 0 radical (unpaired) electrons. The van der Waals surface area contributed by atoms with Crippen LogP contribution in [0.15, 0.2) is 23.6 Å². The molecule has 0 atom stereocenters. The van der Waals surface area contributed by atoms with Crippen molar-refractivity contribution in [2.75, 3.05) is 20.0 Å². The number of thiazole rings is 1. The molecule has 0 unspecified atom stereocenters. The van der Waals surface area contributed by atoms with Crippen LogP contribution in [0.1, 0.15) is 16.1 Å². The van der Waals surface area contributed by atoms with Gasteiger partial charge < -0.3 is 20.5 Å². The second-order valence-electron chi connectivity index (χ2n) is 3.96. The van der Waals surface area contributed by atoms with Crippen molar-refractivity contribution in [1.82, 2.24) is 10.3 Å². The van der Waals surface area contributed by atoms with Crippen LogP contribution in [-0.2, 0) is 6.54 Å². The summed E-state index contributed by atoms with van der Waals surface area (Å²) in [5.41, 5.74) is 6.73. The monoisotopic (exact) mass is 293 g/mol. The van der Waals surface area contributed by atoms with E-state index in [1.165, 1.54) is 25.6 Å². The summed E-state index contributed by atoms with van der Waals surface area (Å²) >= 11 is 1.34. The first-order valence-corrected chi connectivity index (χ1v) is 6.71. The lowest BCUT2D eigenvalue weighted by Crippen LogP contribution is -2.23. The van der Waals surface area contributed by atoms with E-state index in [4.69, 9.17) is 15.2 Å². The van der Waals surface area contributed by atoms with E-state index in [9.17, 15) is 4.79 Å². The van der Waals surface area contributed by atoms with Gasteiger partial charge in [0.05, 0.1) is 26.5 Å². The molecule has 1 heterocycles. The van der Waals surface area contributed by atoms with Gasteiger partial charge in [-0.25, -0.2) is 4.98 Å². The summed E-state index contributed by atoms with van der Waals surface area (Å²) in [6.07, 6.45) is 0. The van der Waals surface area contributed by atoms with E-state index in [0.29, 0.717) is 28.7 Å². The van der Waals surface area contributed by atoms with Gasteiger partial charge in [0.25, 0.3) is 5.91 Å². The van der Waals surface area contributed by atoms with Crippen molar-refractivity contribution in [1.29, 1.82) is 0 Å². The number of carbonyl (C=O) groups is 1. The van der Waals surface area contributed by atoms with E-state index in [0.717, 1.165) is 5.69 Å². The molecule has 1 aromatic carbocycles. The van der Waals surface area contributed by atoms with E-state index in [2.05, 4.69) is 10.3 Å². The maximum Gasteiger partial charge on any atom is 0.251 e. The normalized spacial score (nSPS) is 10.1. The fraction of sp³-hybridized carbons (Fsp3) is 0.231. The Morgan fingerprint density at radius 1 is 1.30 bits per heavy atom. The zero-order valence-corrected chi connectivity index (χ0v) is 12.0. The maximum absolute atomic E-state index is 12.1. The van der Waals surface area contributed by atoms with Crippen LogP contribution in [0.2, 0.25) is 0 Å². The Balaban J connectivity index is 2.08. The summed E-state index contributed by atoms with van der Waals surface area (Å²) in [4.78, 5) is 16.2. The van der Waals surface area contributed by atoms with Gasteiger partial charge in [0, 0.05) is 17.0 Å². The molecule has 0 aliphatic carbocycles. The predicted molar refractivity (Wildman–Crippen MR) is 77.2 cm³/mol. The summed E-state index contributed by atoms with van der Waals surface area (Å²) in [5, 5.41) is 5.06. The van der Waals surface area contributed by atoms with E-state index in [-0.39, 0.29) is 5.91 Å². The maximum atomic E-state index is 12.1. The Bertz CT molecular complexity index is 590. The number of ether oxygens (including phenoxy) is 2. The number of benzene rings is 1. The smallest absolute Gasteiger partial charge is 0.251 e. The molecule has 7 heteroatoms. The van der Waals surface area contributed by atoms with Crippen molar-refractivity contribution in [3.05, 3.63) is 34.8 Å². The standard InChI is InChI=1S/C13H15N3O3S/c1-18-10-3-8(4-11(5-10)19-2)12(17)15-6-9-7-20-13(14)16-9/h3-5,7H,6H2,1-2H3,(H2,14,16)(H,15,17). The van der Waals surface area contributed by atoms with Gasteiger partial charge in [-0.3, -0.25) is 4.79 Å². The molecule has 1 aromatic heterocycles. The molecule has 0 bridgehead atoms. The van der Waals surface area contributed by atoms with Gasteiger partial charge in [0.2, 0.25) is 0 Å². The molecule has 0 saturated heterocycles.